The predicted molar refractivity (Wildman–Crippen MR) is 96.2 cm³/mol. The molecule has 1 amide bonds. The lowest BCUT2D eigenvalue weighted by Gasteiger charge is -2.15. The average molecular weight is 367 g/mol. The van der Waals surface area contributed by atoms with Crippen molar-refractivity contribution in [2.75, 3.05) is 5.32 Å². The molecule has 1 N–H and O–H groups in total. The number of ether oxygens (including phenoxy) is 1. The minimum Gasteiger partial charge on any atom is -0.349 e. The highest BCUT2D eigenvalue weighted by Gasteiger charge is 2.39. The number of rotatable bonds is 6. The van der Waals surface area contributed by atoms with E-state index in [1.807, 2.05) is 0 Å². The normalized spacial score (nSPS) is 21.6. The summed E-state index contributed by atoms with van der Waals surface area (Å²) in [7, 11) is 0. The molecular weight excluding hydrogens is 350 g/mol. The summed E-state index contributed by atoms with van der Waals surface area (Å²) in [6, 6.07) is 9.96. The zero-order valence-electron chi connectivity index (χ0n) is 14.3. The van der Waals surface area contributed by atoms with Gasteiger partial charge in [-0.1, -0.05) is 24.8 Å². The highest BCUT2D eigenvalue weighted by Crippen LogP contribution is 2.36. The van der Waals surface area contributed by atoms with Crippen molar-refractivity contribution in [3.8, 4) is 0 Å². The third kappa shape index (κ3) is 3.75. The predicted octanol–water partition coefficient (Wildman–Crippen LogP) is 1.35. The lowest BCUT2D eigenvalue weighted by molar-refractivity contribution is -0.115. The maximum atomic E-state index is 12.4. The van der Waals surface area contributed by atoms with E-state index in [0.29, 0.717) is 23.7 Å². The van der Waals surface area contributed by atoms with E-state index in [2.05, 4.69) is 16.9 Å². The molecule has 0 saturated carbocycles. The molecule has 1 aromatic carbocycles. The molecule has 138 valence electrons. The molecule has 0 bridgehead atoms. The van der Waals surface area contributed by atoms with Crippen molar-refractivity contribution >= 4 is 24.3 Å². The standard InChI is InChI=1S/C19H17N3O5/c1-12-14(11-24)15(8-10-23)27-18(12)22-9-7-16(21-19(22)26)20-17(25)13-5-3-2-4-6-13/h2-7,9-11,14-15,18H,1,8H2,(H,20,21,25,26)/t14-,15-,18-/m1/s1. The Kier molecular flexibility index (Phi) is 5.37. The van der Waals surface area contributed by atoms with Crippen molar-refractivity contribution in [2.24, 2.45) is 5.92 Å². The first-order valence-electron chi connectivity index (χ1n) is 8.24. The number of carbonyl (C=O) groups excluding carboxylic acids is 3. The van der Waals surface area contributed by atoms with Crippen LogP contribution in [0.5, 0.6) is 0 Å². The lowest BCUT2D eigenvalue weighted by atomic mass is 9.96. The van der Waals surface area contributed by atoms with Gasteiger partial charge in [0.2, 0.25) is 0 Å². The lowest BCUT2D eigenvalue weighted by Crippen LogP contribution is -2.28. The van der Waals surface area contributed by atoms with Gasteiger partial charge >= 0.3 is 5.69 Å². The van der Waals surface area contributed by atoms with Crippen LogP contribution in [0.4, 0.5) is 5.82 Å². The number of anilines is 1. The summed E-state index contributed by atoms with van der Waals surface area (Å²) in [5, 5.41) is 2.55. The van der Waals surface area contributed by atoms with E-state index in [1.165, 1.54) is 16.8 Å². The molecule has 1 aliphatic heterocycles. The van der Waals surface area contributed by atoms with E-state index < -0.39 is 29.8 Å². The Hall–Kier alpha value is -3.39. The van der Waals surface area contributed by atoms with Gasteiger partial charge in [0.15, 0.2) is 6.23 Å². The number of hydrogen-bond acceptors (Lipinski definition) is 6. The molecule has 27 heavy (non-hydrogen) atoms. The van der Waals surface area contributed by atoms with Crippen LogP contribution in [0, 0.1) is 5.92 Å². The molecule has 8 nitrogen and oxygen atoms in total. The summed E-state index contributed by atoms with van der Waals surface area (Å²) in [5.74, 6) is -0.983. The summed E-state index contributed by atoms with van der Waals surface area (Å²) in [6.07, 6.45) is 1.16. The Labute approximate surface area is 154 Å². The first kappa shape index (κ1) is 18.4. The number of aldehydes is 2. The van der Waals surface area contributed by atoms with Crippen molar-refractivity contribution in [2.45, 2.75) is 18.8 Å². The molecule has 2 aromatic rings. The summed E-state index contributed by atoms with van der Waals surface area (Å²) in [4.78, 5) is 50.4. The molecule has 3 atom stereocenters. The zero-order chi connectivity index (χ0) is 19.4. The second-order valence-electron chi connectivity index (χ2n) is 5.99. The van der Waals surface area contributed by atoms with Crippen LogP contribution in [0.2, 0.25) is 0 Å². The minimum atomic E-state index is -0.899. The van der Waals surface area contributed by atoms with Gasteiger partial charge < -0.3 is 19.6 Å². The number of hydrogen-bond donors (Lipinski definition) is 1. The van der Waals surface area contributed by atoms with E-state index >= 15 is 0 Å². The molecule has 0 spiro atoms. The third-order valence-corrected chi connectivity index (χ3v) is 4.28. The number of amides is 1. The molecule has 1 aliphatic rings. The van der Waals surface area contributed by atoms with E-state index in [-0.39, 0.29) is 12.2 Å². The summed E-state index contributed by atoms with van der Waals surface area (Å²) >= 11 is 0. The van der Waals surface area contributed by atoms with Crippen molar-refractivity contribution in [1.29, 1.82) is 0 Å². The van der Waals surface area contributed by atoms with Crippen LogP contribution >= 0.6 is 0 Å². The van der Waals surface area contributed by atoms with Gasteiger partial charge in [-0.05, 0) is 23.8 Å². The first-order chi connectivity index (χ1) is 13.0. The van der Waals surface area contributed by atoms with Gasteiger partial charge in [-0.3, -0.25) is 9.36 Å². The summed E-state index contributed by atoms with van der Waals surface area (Å²) in [6.45, 7) is 3.82. The second kappa shape index (κ2) is 7.88. The molecule has 0 radical (unpaired) electrons. The number of benzene rings is 1. The van der Waals surface area contributed by atoms with Crippen LogP contribution in [-0.4, -0.2) is 34.1 Å². The largest absolute Gasteiger partial charge is 0.351 e. The van der Waals surface area contributed by atoms with E-state index in [0.717, 1.165) is 0 Å². The Balaban J connectivity index is 1.80. The van der Waals surface area contributed by atoms with Gasteiger partial charge in [-0.15, -0.1) is 0 Å². The van der Waals surface area contributed by atoms with Crippen LogP contribution in [0.1, 0.15) is 23.0 Å². The Morgan fingerprint density at radius 2 is 2.00 bits per heavy atom. The Morgan fingerprint density at radius 3 is 2.63 bits per heavy atom. The Bertz CT molecular complexity index is 938. The van der Waals surface area contributed by atoms with Crippen LogP contribution in [0.3, 0.4) is 0 Å². The third-order valence-electron chi connectivity index (χ3n) is 4.28. The fourth-order valence-corrected chi connectivity index (χ4v) is 2.90. The van der Waals surface area contributed by atoms with Gasteiger partial charge in [0, 0.05) is 18.2 Å². The van der Waals surface area contributed by atoms with Crippen LogP contribution in [-0.2, 0) is 14.3 Å². The highest BCUT2D eigenvalue weighted by molar-refractivity contribution is 6.03. The van der Waals surface area contributed by atoms with Gasteiger partial charge in [-0.25, -0.2) is 4.79 Å². The van der Waals surface area contributed by atoms with Crippen LogP contribution < -0.4 is 11.0 Å². The maximum absolute atomic E-state index is 12.4. The first-order valence-corrected chi connectivity index (χ1v) is 8.24. The molecule has 8 heteroatoms. The molecule has 0 aliphatic carbocycles. The molecule has 1 saturated heterocycles. The Morgan fingerprint density at radius 1 is 1.26 bits per heavy atom. The van der Waals surface area contributed by atoms with Crippen molar-refractivity contribution < 1.29 is 19.1 Å². The van der Waals surface area contributed by atoms with Gasteiger partial charge in [-0.2, -0.15) is 4.98 Å². The quantitative estimate of drug-likeness (QED) is 0.610. The fourth-order valence-electron chi connectivity index (χ4n) is 2.90. The fraction of sp³-hybridized carbons (Fsp3) is 0.211. The van der Waals surface area contributed by atoms with Gasteiger partial charge in [0.1, 0.15) is 18.4 Å². The molecule has 1 aromatic heterocycles. The summed E-state index contributed by atoms with van der Waals surface area (Å²) in [5.41, 5.74) is 0.131. The smallest absolute Gasteiger partial charge is 0.349 e. The monoisotopic (exact) mass is 367 g/mol. The number of aromatic nitrogens is 2. The molecule has 0 unspecified atom stereocenters. The van der Waals surface area contributed by atoms with Crippen molar-refractivity contribution in [3.05, 3.63) is 70.8 Å². The maximum Gasteiger partial charge on any atom is 0.351 e. The van der Waals surface area contributed by atoms with Gasteiger partial charge in [0.25, 0.3) is 5.91 Å². The van der Waals surface area contributed by atoms with Gasteiger partial charge in [0.05, 0.1) is 12.0 Å². The molecule has 2 heterocycles. The van der Waals surface area contributed by atoms with E-state index in [1.54, 1.807) is 30.3 Å². The van der Waals surface area contributed by atoms with Crippen LogP contribution in [0.25, 0.3) is 0 Å². The van der Waals surface area contributed by atoms with Crippen molar-refractivity contribution in [3.63, 3.8) is 0 Å². The number of carbonyl (C=O) groups is 3. The van der Waals surface area contributed by atoms with E-state index in [9.17, 15) is 19.2 Å². The SMILES string of the molecule is C=C1[C@@H](C=O)[C@@H](CC=O)O[C@H]1n1ccc(NC(=O)c2ccccc2)nc1=O. The topological polar surface area (TPSA) is 107 Å². The minimum absolute atomic E-state index is 0.0202. The average Bonchev–Trinajstić information content (AvgIpc) is 2.98. The number of nitrogens with zero attached hydrogens (tertiary/aromatic N) is 2. The zero-order valence-corrected chi connectivity index (χ0v) is 14.3. The highest BCUT2D eigenvalue weighted by atomic mass is 16.5. The molecule has 3 rings (SSSR count). The van der Waals surface area contributed by atoms with Crippen molar-refractivity contribution in [1.82, 2.24) is 9.55 Å². The number of nitrogens with one attached hydrogen (secondary N) is 1. The van der Waals surface area contributed by atoms with Crippen LogP contribution in [0.15, 0.2) is 59.5 Å². The summed E-state index contributed by atoms with van der Waals surface area (Å²) < 4.78 is 6.82. The molecular formula is C19H17N3O5. The molecule has 1 fully saturated rings. The second-order valence-corrected chi connectivity index (χ2v) is 5.99. The van der Waals surface area contributed by atoms with E-state index in [4.69, 9.17) is 4.74 Å².